The van der Waals surface area contributed by atoms with Gasteiger partial charge in [0.2, 0.25) is 0 Å². The average molecular weight is 250 g/mol. The largest absolute Gasteiger partial charge is 0.313 e. The zero-order valence-electron chi connectivity index (χ0n) is 12.1. The summed E-state index contributed by atoms with van der Waals surface area (Å²) >= 11 is 0. The Morgan fingerprint density at radius 3 is 2.89 bits per heavy atom. The average Bonchev–Trinajstić information content (AvgIpc) is 2.67. The van der Waals surface area contributed by atoms with Gasteiger partial charge in [-0.2, -0.15) is 0 Å². The zero-order chi connectivity index (χ0) is 13.2. The molecule has 0 aromatic carbocycles. The summed E-state index contributed by atoms with van der Waals surface area (Å²) in [5.74, 6) is 0.774. The normalized spacial score (nSPS) is 27.3. The van der Waals surface area contributed by atoms with Gasteiger partial charge < -0.3 is 5.32 Å². The molecule has 0 aliphatic heterocycles. The van der Waals surface area contributed by atoms with Gasteiger partial charge in [0, 0.05) is 32.3 Å². The van der Waals surface area contributed by atoms with Crippen LogP contribution in [-0.4, -0.2) is 27.6 Å². The molecule has 1 heterocycles. The van der Waals surface area contributed by atoms with Crippen LogP contribution in [0.2, 0.25) is 0 Å². The first kappa shape index (κ1) is 13.5. The van der Waals surface area contributed by atoms with Gasteiger partial charge in [0.1, 0.15) is 0 Å². The molecule has 2 atom stereocenters. The predicted molar refractivity (Wildman–Crippen MR) is 73.3 cm³/mol. The summed E-state index contributed by atoms with van der Waals surface area (Å²) in [7, 11) is 1.91. The minimum absolute atomic E-state index is 0.530. The third-order valence-corrected chi connectivity index (χ3v) is 4.13. The van der Waals surface area contributed by atoms with Crippen LogP contribution >= 0.6 is 0 Å². The van der Waals surface area contributed by atoms with E-state index in [-0.39, 0.29) is 0 Å². The van der Waals surface area contributed by atoms with E-state index in [0.29, 0.717) is 11.5 Å². The van der Waals surface area contributed by atoms with Crippen LogP contribution in [0.25, 0.3) is 0 Å². The molecule has 0 bridgehead atoms. The lowest BCUT2D eigenvalue weighted by Crippen LogP contribution is -2.42. The molecule has 1 aliphatic rings. The number of rotatable bonds is 4. The monoisotopic (exact) mass is 250 g/mol. The number of aryl methyl sites for hydroxylation is 1. The Morgan fingerprint density at radius 1 is 1.50 bits per heavy atom. The van der Waals surface area contributed by atoms with Crippen molar-refractivity contribution in [3.05, 3.63) is 11.9 Å². The Balaban J connectivity index is 1.74. The van der Waals surface area contributed by atoms with Crippen LogP contribution < -0.4 is 5.32 Å². The van der Waals surface area contributed by atoms with E-state index in [1.54, 1.807) is 4.68 Å². The second-order valence-corrected chi connectivity index (χ2v) is 6.58. The van der Waals surface area contributed by atoms with Crippen molar-refractivity contribution in [2.24, 2.45) is 18.4 Å². The molecule has 1 aromatic heterocycles. The zero-order valence-corrected chi connectivity index (χ0v) is 12.1. The minimum Gasteiger partial charge on any atom is -0.313 e. The molecular weight excluding hydrogens is 224 g/mol. The Hall–Kier alpha value is -0.900. The van der Waals surface area contributed by atoms with Crippen LogP contribution in [0.1, 0.15) is 45.7 Å². The van der Waals surface area contributed by atoms with Gasteiger partial charge in [-0.3, -0.25) is 4.68 Å². The number of nitrogens with one attached hydrogen (secondary N) is 1. The molecule has 0 amide bonds. The third kappa shape index (κ3) is 3.55. The quantitative estimate of drug-likeness (QED) is 0.890. The number of nitrogens with zero attached hydrogens (tertiary/aromatic N) is 3. The Bertz CT molecular complexity index is 383. The van der Waals surface area contributed by atoms with Crippen LogP contribution in [0, 0.1) is 11.3 Å². The van der Waals surface area contributed by atoms with Gasteiger partial charge in [-0.1, -0.05) is 26.0 Å². The van der Waals surface area contributed by atoms with Crippen LogP contribution in [0.5, 0.6) is 0 Å². The highest BCUT2D eigenvalue weighted by atomic mass is 15.4. The number of hydrogen-bond donors (Lipinski definition) is 1. The molecule has 1 aromatic rings. The lowest BCUT2D eigenvalue weighted by Gasteiger charge is -2.39. The highest BCUT2D eigenvalue weighted by Gasteiger charge is 2.31. The second-order valence-electron chi connectivity index (χ2n) is 6.58. The maximum Gasteiger partial charge on any atom is 0.0839 e. The molecule has 4 nitrogen and oxygen atoms in total. The van der Waals surface area contributed by atoms with Crippen molar-refractivity contribution in [3.8, 4) is 0 Å². The fraction of sp³-hybridized carbons (Fsp3) is 0.857. The van der Waals surface area contributed by atoms with Crippen molar-refractivity contribution in [2.45, 2.75) is 52.5 Å². The third-order valence-electron chi connectivity index (χ3n) is 4.13. The van der Waals surface area contributed by atoms with Crippen molar-refractivity contribution in [1.29, 1.82) is 0 Å². The van der Waals surface area contributed by atoms with E-state index in [1.807, 2.05) is 13.2 Å². The highest BCUT2D eigenvalue weighted by Crippen LogP contribution is 2.38. The van der Waals surface area contributed by atoms with Gasteiger partial charge in [-0.05, 0) is 30.6 Å². The van der Waals surface area contributed by atoms with Crippen LogP contribution in [-0.2, 0) is 13.5 Å². The summed E-state index contributed by atoms with van der Waals surface area (Å²) in [6, 6.07) is 0.676. The standard InChI is InChI=1S/C14H26N4/c1-11-9-14(2,3)7-5-13(11)15-8-6-12-10-18(4)17-16-12/h10-11,13,15H,5-9H2,1-4H3. The fourth-order valence-electron chi connectivity index (χ4n) is 3.15. The molecule has 1 aliphatic carbocycles. The lowest BCUT2D eigenvalue weighted by atomic mass is 9.70. The van der Waals surface area contributed by atoms with Gasteiger partial charge in [-0.15, -0.1) is 5.10 Å². The van der Waals surface area contributed by atoms with Crippen molar-refractivity contribution in [1.82, 2.24) is 20.3 Å². The van der Waals surface area contributed by atoms with Crippen LogP contribution in [0.4, 0.5) is 0 Å². The van der Waals surface area contributed by atoms with Crippen LogP contribution in [0.3, 0.4) is 0 Å². The lowest BCUT2D eigenvalue weighted by molar-refractivity contribution is 0.149. The first-order valence-corrected chi connectivity index (χ1v) is 7.05. The summed E-state index contributed by atoms with van der Waals surface area (Å²) in [4.78, 5) is 0. The summed E-state index contributed by atoms with van der Waals surface area (Å²) in [5, 5.41) is 11.8. The SMILES string of the molecule is CC1CC(C)(C)CCC1NCCc1cn(C)nn1. The van der Waals surface area contributed by atoms with Gasteiger partial charge >= 0.3 is 0 Å². The molecule has 2 rings (SSSR count). The first-order valence-electron chi connectivity index (χ1n) is 7.05. The molecule has 1 fully saturated rings. The van der Waals surface area contributed by atoms with E-state index < -0.39 is 0 Å². The van der Waals surface area contributed by atoms with Gasteiger partial charge in [0.15, 0.2) is 0 Å². The Kier molecular flexibility index (Phi) is 4.05. The first-order chi connectivity index (χ1) is 8.46. The van der Waals surface area contributed by atoms with Gasteiger partial charge in [0.05, 0.1) is 5.69 Å². The van der Waals surface area contributed by atoms with Crippen molar-refractivity contribution in [3.63, 3.8) is 0 Å². The smallest absolute Gasteiger partial charge is 0.0839 e. The van der Waals surface area contributed by atoms with Crippen molar-refractivity contribution < 1.29 is 0 Å². The maximum absolute atomic E-state index is 4.11. The molecule has 4 heteroatoms. The van der Waals surface area contributed by atoms with E-state index in [0.717, 1.165) is 24.6 Å². The molecule has 1 saturated carbocycles. The molecule has 18 heavy (non-hydrogen) atoms. The van der Waals surface area contributed by atoms with Gasteiger partial charge in [-0.25, -0.2) is 0 Å². The molecule has 1 N–H and O–H groups in total. The number of hydrogen-bond acceptors (Lipinski definition) is 3. The topological polar surface area (TPSA) is 42.7 Å². The molecule has 102 valence electrons. The second kappa shape index (κ2) is 5.39. The highest BCUT2D eigenvalue weighted by molar-refractivity contribution is 4.93. The van der Waals surface area contributed by atoms with Gasteiger partial charge in [0.25, 0.3) is 0 Å². The minimum atomic E-state index is 0.530. The maximum atomic E-state index is 4.11. The van der Waals surface area contributed by atoms with Crippen LogP contribution in [0.15, 0.2) is 6.20 Å². The molecule has 2 unspecified atom stereocenters. The van der Waals surface area contributed by atoms with E-state index in [2.05, 4.69) is 36.4 Å². The summed E-state index contributed by atoms with van der Waals surface area (Å²) in [6.07, 6.45) is 6.93. The summed E-state index contributed by atoms with van der Waals surface area (Å²) in [5.41, 5.74) is 1.61. The van der Waals surface area contributed by atoms with E-state index in [9.17, 15) is 0 Å². The van der Waals surface area contributed by atoms with Crippen molar-refractivity contribution >= 4 is 0 Å². The molecule has 0 saturated heterocycles. The number of aromatic nitrogens is 3. The molecule has 0 spiro atoms. The van der Waals surface area contributed by atoms with E-state index in [1.165, 1.54) is 19.3 Å². The molecular formula is C14H26N4. The summed E-state index contributed by atoms with van der Waals surface area (Å²) < 4.78 is 1.76. The predicted octanol–water partition coefficient (Wildman–Crippen LogP) is 2.16. The van der Waals surface area contributed by atoms with E-state index >= 15 is 0 Å². The van der Waals surface area contributed by atoms with Crippen molar-refractivity contribution in [2.75, 3.05) is 6.54 Å². The Morgan fingerprint density at radius 2 is 2.28 bits per heavy atom. The fourth-order valence-corrected chi connectivity index (χ4v) is 3.15. The molecule has 0 radical (unpaired) electrons. The summed E-state index contributed by atoms with van der Waals surface area (Å²) in [6.45, 7) is 8.16. The Labute approximate surface area is 110 Å². The van der Waals surface area contributed by atoms with E-state index in [4.69, 9.17) is 0 Å².